The molecule has 0 atom stereocenters. The van der Waals surface area contributed by atoms with E-state index in [1.54, 1.807) is 11.3 Å². The zero-order valence-electron chi connectivity index (χ0n) is 10.8. The summed E-state index contributed by atoms with van der Waals surface area (Å²) in [5, 5.41) is 3.26. The molecule has 1 aromatic heterocycles. The Morgan fingerprint density at radius 1 is 1.17 bits per heavy atom. The Balaban J connectivity index is 2.50. The number of hydrogen-bond acceptors (Lipinski definition) is 2. The van der Waals surface area contributed by atoms with Gasteiger partial charge in [-0.3, -0.25) is 0 Å². The first-order valence-electron chi connectivity index (χ1n) is 6.33. The summed E-state index contributed by atoms with van der Waals surface area (Å²) in [6, 6.07) is 10.7. The van der Waals surface area contributed by atoms with Gasteiger partial charge in [0, 0.05) is 10.8 Å². The minimum Gasteiger partial charge on any atom is -0.244 e. The van der Waals surface area contributed by atoms with Crippen molar-refractivity contribution in [1.82, 2.24) is 4.98 Å². The van der Waals surface area contributed by atoms with E-state index in [4.69, 9.17) is 16.6 Å². The highest BCUT2D eigenvalue weighted by Gasteiger charge is 2.33. The molecular formula is C15H18ClNS. The minimum atomic E-state index is 0.0379. The van der Waals surface area contributed by atoms with Crippen molar-refractivity contribution >= 4 is 22.9 Å². The highest BCUT2D eigenvalue weighted by Crippen LogP contribution is 2.40. The quantitative estimate of drug-likeness (QED) is 0.703. The van der Waals surface area contributed by atoms with Gasteiger partial charge in [0.25, 0.3) is 0 Å². The van der Waals surface area contributed by atoms with E-state index in [2.05, 4.69) is 49.6 Å². The predicted molar refractivity (Wildman–Crippen MR) is 79.5 cm³/mol. The minimum absolute atomic E-state index is 0.0379. The molecule has 0 bridgehead atoms. The van der Waals surface area contributed by atoms with Gasteiger partial charge >= 0.3 is 0 Å². The Morgan fingerprint density at radius 3 is 2.33 bits per heavy atom. The second-order valence-electron chi connectivity index (χ2n) is 4.43. The van der Waals surface area contributed by atoms with Crippen molar-refractivity contribution in [3.8, 4) is 0 Å². The molecule has 0 unspecified atom stereocenters. The summed E-state index contributed by atoms with van der Waals surface area (Å²) >= 11 is 7.60. The van der Waals surface area contributed by atoms with Gasteiger partial charge in [-0.25, -0.2) is 4.98 Å². The van der Waals surface area contributed by atoms with Gasteiger partial charge in [-0.2, -0.15) is 0 Å². The smallest absolute Gasteiger partial charge is 0.103 e. The third kappa shape index (κ3) is 2.32. The molecule has 0 amide bonds. The summed E-state index contributed by atoms with van der Waals surface area (Å²) in [4.78, 5) is 4.71. The van der Waals surface area contributed by atoms with Gasteiger partial charge in [-0.05, 0) is 18.4 Å². The van der Waals surface area contributed by atoms with Gasteiger partial charge in [-0.15, -0.1) is 22.9 Å². The van der Waals surface area contributed by atoms with E-state index in [0.717, 1.165) is 18.5 Å². The zero-order chi connectivity index (χ0) is 13.0. The highest BCUT2D eigenvalue weighted by atomic mass is 35.5. The Hall–Kier alpha value is -0.860. The molecule has 1 nitrogen and oxygen atoms in total. The molecule has 0 aliphatic heterocycles. The van der Waals surface area contributed by atoms with Crippen molar-refractivity contribution in [2.24, 2.45) is 0 Å². The van der Waals surface area contributed by atoms with Gasteiger partial charge in [0.2, 0.25) is 0 Å². The second-order valence-corrected chi connectivity index (χ2v) is 5.56. The fourth-order valence-corrected chi connectivity index (χ4v) is 3.84. The largest absolute Gasteiger partial charge is 0.244 e. The lowest BCUT2D eigenvalue weighted by Gasteiger charge is -2.30. The Kier molecular flexibility index (Phi) is 4.41. The van der Waals surface area contributed by atoms with Crippen LogP contribution in [0.4, 0.5) is 0 Å². The molecule has 3 heteroatoms. The Bertz CT molecular complexity index is 488. The van der Waals surface area contributed by atoms with Gasteiger partial charge in [0.05, 0.1) is 11.6 Å². The van der Waals surface area contributed by atoms with E-state index in [9.17, 15) is 0 Å². The Morgan fingerprint density at radius 2 is 1.83 bits per heavy atom. The molecule has 0 fully saturated rings. The van der Waals surface area contributed by atoms with Gasteiger partial charge < -0.3 is 0 Å². The van der Waals surface area contributed by atoms with E-state index in [1.807, 2.05) is 0 Å². The Labute approximate surface area is 118 Å². The van der Waals surface area contributed by atoms with Crippen molar-refractivity contribution < 1.29 is 0 Å². The monoisotopic (exact) mass is 279 g/mol. The van der Waals surface area contributed by atoms with Gasteiger partial charge in [-0.1, -0.05) is 44.2 Å². The fourth-order valence-electron chi connectivity index (χ4n) is 2.43. The third-order valence-corrected chi connectivity index (χ3v) is 5.00. The van der Waals surface area contributed by atoms with E-state index in [0.29, 0.717) is 5.88 Å². The molecular weight excluding hydrogens is 262 g/mol. The average molecular weight is 280 g/mol. The van der Waals surface area contributed by atoms with Crippen molar-refractivity contribution in [2.45, 2.75) is 38.0 Å². The predicted octanol–water partition coefficient (Wildman–Crippen LogP) is 4.99. The van der Waals surface area contributed by atoms with Crippen LogP contribution in [0.15, 0.2) is 35.7 Å². The topological polar surface area (TPSA) is 12.9 Å². The number of aromatic nitrogens is 1. The lowest BCUT2D eigenvalue weighted by molar-refractivity contribution is 0.475. The molecule has 96 valence electrons. The van der Waals surface area contributed by atoms with Crippen LogP contribution in [-0.2, 0) is 11.3 Å². The molecule has 18 heavy (non-hydrogen) atoms. The maximum Gasteiger partial charge on any atom is 0.103 e. The van der Waals surface area contributed by atoms with Crippen LogP contribution in [0.25, 0.3) is 0 Å². The standard InChI is InChI=1S/C15H18ClNS/c1-3-15(4-2,12-8-6-5-7-9-12)14-17-13(10-16)11-18-14/h5-9,11H,3-4,10H2,1-2H3. The first-order chi connectivity index (χ1) is 8.76. The van der Waals surface area contributed by atoms with Gasteiger partial charge in [0.15, 0.2) is 0 Å². The van der Waals surface area contributed by atoms with Crippen LogP contribution in [-0.4, -0.2) is 4.98 Å². The van der Waals surface area contributed by atoms with Crippen LogP contribution in [0.1, 0.15) is 43.0 Å². The molecule has 0 aliphatic carbocycles. The lowest BCUT2D eigenvalue weighted by atomic mass is 9.76. The molecule has 2 aromatic rings. The molecule has 0 saturated heterocycles. The molecule has 0 saturated carbocycles. The van der Waals surface area contributed by atoms with Crippen LogP contribution in [0, 0.1) is 0 Å². The van der Waals surface area contributed by atoms with Crippen molar-refractivity contribution in [3.63, 3.8) is 0 Å². The molecule has 2 rings (SSSR count). The molecule has 0 N–H and O–H groups in total. The highest BCUT2D eigenvalue weighted by molar-refractivity contribution is 7.09. The summed E-state index contributed by atoms with van der Waals surface area (Å²) in [5.41, 5.74) is 2.38. The summed E-state index contributed by atoms with van der Waals surface area (Å²) in [6.45, 7) is 4.47. The SMILES string of the molecule is CCC(CC)(c1ccccc1)c1nc(CCl)cs1. The summed E-state index contributed by atoms with van der Waals surface area (Å²) in [6.07, 6.45) is 2.12. The molecule has 1 heterocycles. The summed E-state index contributed by atoms with van der Waals surface area (Å²) < 4.78 is 0. The maximum atomic E-state index is 5.87. The maximum absolute atomic E-state index is 5.87. The zero-order valence-corrected chi connectivity index (χ0v) is 12.4. The number of rotatable bonds is 5. The normalized spacial score (nSPS) is 11.7. The van der Waals surface area contributed by atoms with Crippen molar-refractivity contribution in [2.75, 3.05) is 0 Å². The van der Waals surface area contributed by atoms with Crippen LogP contribution in [0.2, 0.25) is 0 Å². The summed E-state index contributed by atoms with van der Waals surface area (Å²) in [5.74, 6) is 0.495. The average Bonchev–Trinajstić information content (AvgIpc) is 2.91. The van der Waals surface area contributed by atoms with Crippen LogP contribution in [0.5, 0.6) is 0 Å². The van der Waals surface area contributed by atoms with E-state index >= 15 is 0 Å². The lowest BCUT2D eigenvalue weighted by Crippen LogP contribution is -2.25. The second kappa shape index (κ2) is 5.85. The molecule has 0 radical (unpaired) electrons. The number of thiazole rings is 1. The van der Waals surface area contributed by atoms with Crippen LogP contribution >= 0.6 is 22.9 Å². The van der Waals surface area contributed by atoms with Crippen molar-refractivity contribution in [3.05, 3.63) is 52.0 Å². The summed E-state index contributed by atoms with van der Waals surface area (Å²) in [7, 11) is 0. The van der Waals surface area contributed by atoms with Gasteiger partial charge in [0.1, 0.15) is 5.01 Å². The first-order valence-corrected chi connectivity index (χ1v) is 7.74. The van der Waals surface area contributed by atoms with Crippen LogP contribution < -0.4 is 0 Å². The van der Waals surface area contributed by atoms with E-state index in [1.165, 1.54) is 10.6 Å². The number of nitrogens with zero attached hydrogens (tertiary/aromatic N) is 1. The number of benzene rings is 1. The van der Waals surface area contributed by atoms with Crippen molar-refractivity contribution in [1.29, 1.82) is 0 Å². The number of halogens is 1. The molecule has 1 aromatic carbocycles. The third-order valence-electron chi connectivity index (χ3n) is 3.63. The van der Waals surface area contributed by atoms with Crippen LogP contribution in [0.3, 0.4) is 0 Å². The molecule has 0 spiro atoms. The number of hydrogen-bond donors (Lipinski definition) is 0. The number of alkyl halides is 1. The molecule has 0 aliphatic rings. The van der Waals surface area contributed by atoms with E-state index < -0.39 is 0 Å². The van der Waals surface area contributed by atoms with E-state index in [-0.39, 0.29) is 5.41 Å². The first kappa shape index (κ1) is 13.6. The fraction of sp³-hybridized carbons (Fsp3) is 0.400.